The number of halogens is 3. The number of aliphatic carboxylic acids is 1. The van der Waals surface area contributed by atoms with Crippen LogP contribution in [0.15, 0.2) is 65.6 Å². The van der Waals surface area contributed by atoms with Gasteiger partial charge in [0.2, 0.25) is 15.9 Å². The number of alkyl halides is 3. The van der Waals surface area contributed by atoms with Crippen LogP contribution in [0, 0.1) is 19.8 Å². The number of anilines is 2. The van der Waals surface area contributed by atoms with Crippen LogP contribution in [0.5, 0.6) is 11.5 Å². The lowest BCUT2D eigenvalue weighted by Gasteiger charge is -2.38. The summed E-state index contributed by atoms with van der Waals surface area (Å²) in [7, 11) is -0.307. The monoisotopic (exact) mass is 718 g/mol. The molecule has 50 heavy (non-hydrogen) atoms. The van der Waals surface area contributed by atoms with Crippen LogP contribution in [-0.4, -0.2) is 107 Å². The van der Waals surface area contributed by atoms with Gasteiger partial charge in [-0.1, -0.05) is 24.3 Å². The lowest BCUT2D eigenvalue weighted by Crippen LogP contribution is -2.51. The molecule has 15 heteroatoms. The largest absolute Gasteiger partial charge is 0.497 e. The second-order valence-corrected chi connectivity index (χ2v) is 14.6. The van der Waals surface area contributed by atoms with E-state index in [-0.39, 0.29) is 29.8 Å². The van der Waals surface area contributed by atoms with Gasteiger partial charge in [0.05, 0.1) is 30.2 Å². The number of hydrogen-bond donors (Lipinski definition) is 1. The molecule has 3 aliphatic rings. The van der Waals surface area contributed by atoms with Gasteiger partial charge in [-0.15, -0.1) is 0 Å². The first kappa shape index (κ1) is 36.8. The number of carboxylic acids is 1. The lowest BCUT2D eigenvalue weighted by molar-refractivity contribution is -0.192. The molecule has 1 unspecified atom stereocenters. The maximum atomic E-state index is 14.2. The summed E-state index contributed by atoms with van der Waals surface area (Å²) in [4.78, 5) is 29.7. The number of carbonyl (C=O) groups is 2. The third kappa shape index (κ3) is 7.94. The van der Waals surface area contributed by atoms with Crippen molar-refractivity contribution in [2.45, 2.75) is 30.8 Å². The smallest absolute Gasteiger partial charge is 0.490 e. The number of fused-ring (bicyclic) bond motifs is 1. The van der Waals surface area contributed by atoms with Gasteiger partial charge in [0.25, 0.3) is 0 Å². The van der Waals surface area contributed by atoms with Crippen LogP contribution in [0.2, 0.25) is 0 Å². The predicted molar refractivity (Wildman–Crippen MR) is 182 cm³/mol. The van der Waals surface area contributed by atoms with Gasteiger partial charge in [-0.25, -0.2) is 13.2 Å². The average molecular weight is 719 g/mol. The van der Waals surface area contributed by atoms with Crippen molar-refractivity contribution in [3.05, 3.63) is 77.4 Å². The highest BCUT2D eigenvalue weighted by Gasteiger charge is 2.45. The van der Waals surface area contributed by atoms with E-state index in [4.69, 9.17) is 19.4 Å². The second-order valence-electron chi connectivity index (χ2n) is 12.6. The second kappa shape index (κ2) is 14.8. The Morgan fingerprint density at radius 2 is 1.62 bits per heavy atom. The Hall–Kier alpha value is -4.50. The molecule has 0 radical (unpaired) electrons. The van der Waals surface area contributed by atoms with Gasteiger partial charge >= 0.3 is 12.1 Å². The zero-order valence-electron chi connectivity index (χ0n) is 28.3. The topological polar surface area (TPSA) is 120 Å². The number of piperazine rings is 1. The summed E-state index contributed by atoms with van der Waals surface area (Å²) in [5, 5.41) is 7.12. The van der Waals surface area contributed by atoms with Crippen molar-refractivity contribution in [2.75, 3.05) is 76.4 Å². The van der Waals surface area contributed by atoms with Gasteiger partial charge in [-0.3, -0.25) is 4.79 Å². The van der Waals surface area contributed by atoms with Crippen molar-refractivity contribution in [1.82, 2.24) is 9.21 Å². The zero-order chi connectivity index (χ0) is 36.4. The predicted octanol–water partition coefficient (Wildman–Crippen LogP) is 4.53. The van der Waals surface area contributed by atoms with Crippen molar-refractivity contribution in [3.63, 3.8) is 0 Å². The van der Waals surface area contributed by atoms with E-state index in [9.17, 15) is 26.4 Å². The van der Waals surface area contributed by atoms with E-state index in [0.717, 1.165) is 36.6 Å². The quantitative estimate of drug-likeness (QED) is 0.392. The number of amides is 1. The van der Waals surface area contributed by atoms with Gasteiger partial charge in [-0.2, -0.15) is 17.5 Å². The van der Waals surface area contributed by atoms with E-state index < -0.39 is 28.1 Å². The Morgan fingerprint density at radius 1 is 0.920 bits per heavy atom. The number of methoxy groups -OCH3 is 1. The van der Waals surface area contributed by atoms with Crippen LogP contribution in [0.25, 0.3) is 0 Å². The van der Waals surface area contributed by atoms with Crippen LogP contribution >= 0.6 is 0 Å². The summed E-state index contributed by atoms with van der Waals surface area (Å²) in [5.41, 5.74) is 5.56. The standard InChI is InChI=1S/C33H40N4O5S.C2HF3O2/c1-23-8-9-24(2)31(18-23)35-12-14-36(15-13-35)33(38)29-22-37(43(39,40)27-7-5-6-26(20-27)41-4)21-28(29)25-10-11-30-32(19-25)42-17-16-34(30)3;3-2(4,5)1(6)7/h5-11,18-20,28-29H,12-17,21-22H2,1-4H3;(H,6,7)/t28-,29?;/m0./s1. The molecule has 2 atom stereocenters. The molecule has 2 saturated heterocycles. The fourth-order valence-electron chi connectivity index (χ4n) is 6.53. The van der Waals surface area contributed by atoms with E-state index in [1.54, 1.807) is 18.2 Å². The molecule has 3 aromatic rings. The molecule has 11 nitrogen and oxygen atoms in total. The number of carboxylic acid groups (broad SMARTS) is 1. The summed E-state index contributed by atoms with van der Waals surface area (Å²) in [5.74, 6) is -2.31. The first-order valence-electron chi connectivity index (χ1n) is 16.1. The normalized spacial score (nSPS) is 19.6. The van der Waals surface area contributed by atoms with Gasteiger partial charge < -0.3 is 29.3 Å². The molecule has 0 aliphatic carbocycles. The lowest BCUT2D eigenvalue weighted by atomic mass is 9.87. The van der Waals surface area contributed by atoms with E-state index in [0.29, 0.717) is 25.4 Å². The van der Waals surface area contributed by atoms with E-state index >= 15 is 0 Å². The molecule has 1 N–H and O–H groups in total. The van der Waals surface area contributed by atoms with Crippen molar-refractivity contribution in [1.29, 1.82) is 0 Å². The number of ether oxygens (including phenoxy) is 2. The number of sulfonamides is 1. The Morgan fingerprint density at radius 3 is 2.28 bits per heavy atom. The minimum Gasteiger partial charge on any atom is -0.497 e. The molecule has 3 heterocycles. The van der Waals surface area contributed by atoms with E-state index in [1.807, 2.05) is 30.1 Å². The van der Waals surface area contributed by atoms with E-state index in [2.05, 4.69) is 41.8 Å². The maximum absolute atomic E-state index is 14.2. The number of hydrogen-bond acceptors (Lipinski definition) is 8. The minimum atomic E-state index is -5.08. The van der Waals surface area contributed by atoms with Gasteiger partial charge in [0, 0.05) is 64.0 Å². The van der Waals surface area contributed by atoms with Gasteiger partial charge in [-0.05, 0) is 60.9 Å². The Balaban J connectivity index is 0.000000630. The Labute approximate surface area is 289 Å². The molecule has 0 saturated carbocycles. The molecule has 3 aromatic carbocycles. The van der Waals surface area contributed by atoms with Crippen LogP contribution in [0.3, 0.4) is 0 Å². The average Bonchev–Trinajstić information content (AvgIpc) is 3.56. The van der Waals surface area contributed by atoms with Crippen molar-refractivity contribution in [3.8, 4) is 11.5 Å². The summed E-state index contributed by atoms with van der Waals surface area (Å²) in [6.07, 6.45) is -5.08. The summed E-state index contributed by atoms with van der Waals surface area (Å²) in [6.45, 7) is 8.59. The summed E-state index contributed by atoms with van der Waals surface area (Å²) >= 11 is 0. The maximum Gasteiger partial charge on any atom is 0.490 e. The molecule has 0 bridgehead atoms. The molecule has 6 rings (SSSR count). The molecule has 1 amide bonds. The van der Waals surface area contributed by atoms with Gasteiger partial charge in [0.15, 0.2) is 0 Å². The SMILES string of the molecule is COc1cccc(S(=O)(=O)N2CC(C(=O)N3CCN(c4cc(C)ccc4C)CC3)[C@H](c3ccc4c(c3)OCCN4C)C2)c1.O=C(O)C(F)(F)F. The fraction of sp³-hybridized carbons (Fsp3) is 0.429. The molecule has 270 valence electrons. The first-order chi connectivity index (χ1) is 23.6. The third-order valence-corrected chi connectivity index (χ3v) is 11.2. The minimum absolute atomic E-state index is 0.00436. The molecule has 0 aromatic heterocycles. The van der Waals surface area contributed by atoms with Crippen molar-refractivity contribution < 1.29 is 45.8 Å². The van der Waals surface area contributed by atoms with Crippen molar-refractivity contribution >= 4 is 33.3 Å². The number of likely N-dealkylation sites (N-methyl/N-ethyl adjacent to an activating group) is 1. The molecular formula is C35H41F3N4O7S. The zero-order valence-corrected chi connectivity index (χ0v) is 29.1. The first-order valence-corrected chi connectivity index (χ1v) is 17.6. The molecule has 3 aliphatic heterocycles. The van der Waals surface area contributed by atoms with Crippen LogP contribution in [0.4, 0.5) is 24.5 Å². The number of benzene rings is 3. The Bertz CT molecular complexity index is 1830. The highest BCUT2D eigenvalue weighted by atomic mass is 32.2. The highest BCUT2D eigenvalue weighted by molar-refractivity contribution is 7.89. The summed E-state index contributed by atoms with van der Waals surface area (Å²) in [6, 6.07) is 19.0. The fourth-order valence-corrected chi connectivity index (χ4v) is 8.06. The molecular weight excluding hydrogens is 677 g/mol. The number of rotatable bonds is 6. The third-order valence-electron chi connectivity index (χ3n) is 9.33. The Kier molecular flexibility index (Phi) is 10.9. The molecule has 2 fully saturated rings. The van der Waals surface area contributed by atoms with Crippen molar-refractivity contribution in [2.24, 2.45) is 5.92 Å². The number of aryl methyl sites for hydroxylation is 2. The number of nitrogens with zero attached hydrogens (tertiary/aromatic N) is 4. The molecule has 0 spiro atoms. The van der Waals surface area contributed by atoms with Gasteiger partial charge in [0.1, 0.15) is 18.1 Å². The van der Waals surface area contributed by atoms with E-state index in [1.165, 1.54) is 34.3 Å². The van der Waals surface area contributed by atoms with Crippen LogP contribution in [0.1, 0.15) is 22.6 Å². The highest BCUT2D eigenvalue weighted by Crippen LogP contribution is 2.41. The van der Waals surface area contributed by atoms with Crippen LogP contribution < -0.4 is 19.3 Å². The number of carbonyl (C=O) groups excluding carboxylic acids is 1. The van der Waals surface area contributed by atoms with Crippen LogP contribution in [-0.2, 0) is 19.6 Å². The summed E-state index contributed by atoms with van der Waals surface area (Å²) < 4.78 is 72.2.